The van der Waals surface area contributed by atoms with E-state index in [1.807, 2.05) is 18.2 Å². The quantitative estimate of drug-likeness (QED) is 0.227. The van der Waals surface area contributed by atoms with E-state index in [2.05, 4.69) is 25.9 Å². The number of aromatic nitrogens is 2. The molecule has 1 heterocycles. The lowest BCUT2D eigenvalue weighted by Gasteiger charge is -2.16. The number of anilines is 4. The molecule has 0 spiro atoms. The second-order valence-corrected chi connectivity index (χ2v) is 11.3. The van der Waals surface area contributed by atoms with Gasteiger partial charge in [-0.05, 0) is 56.6 Å². The van der Waals surface area contributed by atoms with Gasteiger partial charge >= 0.3 is 5.97 Å². The fourth-order valence-corrected chi connectivity index (χ4v) is 4.74. The highest BCUT2D eigenvalue weighted by Gasteiger charge is 2.23. The number of carboxylic acid groups (broad SMARTS) is 1. The summed E-state index contributed by atoms with van der Waals surface area (Å²) < 4.78 is 31.1. The van der Waals surface area contributed by atoms with Crippen LogP contribution >= 0.6 is 11.6 Å². The molecule has 3 aromatic rings. The van der Waals surface area contributed by atoms with Crippen LogP contribution in [-0.2, 0) is 21.1 Å². The van der Waals surface area contributed by atoms with E-state index < -0.39 is 21.1 Å². The van der Waals surface area contributed by atoms with Crippen LogP contribution in [0.4, 0.5) is 23.1 Å². The Bertz CT molecular complexity index is 1350. The summed E-state index contributed by atoms with van der Waals surface area (Å²) in [5.41, 5.74) is 1.98. The van der Waals surface area contributed by atoms with Crippen molar-refractivity contribution in [3.05, 3.63) is 59.2 Å². The predicted octanol–water partition coefficient (Wildman–Crippen LogP) is 4.41. The van der Waals surface area contributed by atoms with Crippen molar-refractivity contribution in [2.24, 2.45) is 0 Å². The maximum atomic E-state index is 12.8. The van der Waals surface area contributed by atoms with Gasteiger partial charge < -0.3 is 25.8 Å². The number of ether oxygens (including phenoxy) is 1. The number of nitrogens with zero attached hydrogens (tertiary/aromatic N) is 2. The lowest BCUT2D eigenvalue weighted by Crippen LogP contribution is -2.20. The third kappa shape index (κ3) is 7.54. The Morgan fingerprint density at radius 2 is 1.86 bits per heavy atom. The monoisotopic (exact) mass is 547 g/mol. The lowest BCUT2D eigenvalue weighted by molar-refractivity contribution is -0.136. The zero-order valence-corrected chi connectivity index (χ0v) is 22.4. The van der Waals surface area contributed by atoms with Crippen LogP contribution in [0.15, 0.2) is 53.6 Å². The molecule has 0 bridgehead atoms. The van der Waals surface area contributed by atoms with Gasteiger partial charge in [-0.1, -0.05) is 29.8 Å². The van der Waals surface area contributed by atoms with E-state index in [-0.39, 0.29) is 28.1 Å². The number of methoxy groups -OCH3 is 1. The molecule has 1 aromatic heterocycles. The van der Waals surface area contributed by atoms with Crippen LogP contribution in [0.5, 0.6) is 5.75 Å². The molecule has 0 aliphatic carbocycles. The van der Waals surface area contributed by atoms with E-state index in [0.717, 1.165) is 5.56 Å². The van der Waals surface area contributed by atoms with E-state index >= 15 is 0 Å². The Balaban J connectivity index is 1.81. The van der Waals surface area contributed by atoms with Gasteiger partial charge in [0, 0.05) is 6.54 Å². The third-order valence-corrected chi connectivity index (χ3v) is 7.91. The third-order valence-electron chi connectivity index (χ3n) is 5.43. The van der Waals surface area contributed by atoms with Crippen molar-refractivity contribution < 1.29 is 23.1 Å². The second kappa shape index (κ2) is 12.7. The van der Waals surface area contributed by atoms with E-state index in [0.29, 0.717) is 36.6 Å². The number of hydrogen-bond donors (Lipinski definition) is 4. The molecule has 0 atom stereocenters. The fourth-order valence-electron chi connectivity index (χ4n) is 3.40. The second-order valence-electron chi connectivity index (χ2n) is 8.41. The number of aliphatic carboxylic acids is 1. The average molecular weight is 548 g/mol. The molecule has 12 heteroatoms. The van der Waals surface area contributed by atoms with E-state index in [4.69, 9.17) is 21.4 Å². The van der Waals surface area contributed by atoms with E-state index in [1.54, 1.807) is 45.2 Å². The first kappa shape index (κ1) is 28.2. The summed E-state index contributed by atoms with van der Waals surface area (Å²) in [6.07, 6.45) is 2.16. The van der Waals surface area contributed by atoms with Crippen molar-refractivity contribution in [2.75, 3.05) is 30.8 Å². The zero-order chi connectivity index (χ0) is 27.0. The van der Waals surface area contributed by atoms with Gasteiger partial charge in [0.15, 0.2) is 15.7 Å². The standard InChI is InChI=1S/C25H30ClN5O5S/c1-16(2)37(34,35)22-7-5-4-6-19(22)29-24-18(26)15-28-25(31-24)30-20-14-17(8-9-21(20)36-3)10-12-27-13-11-23(32)33/h4-9,14-16,27H,10-13H2,1-3H3,(H,32,33)(H2,28,29,30,31). The maximum Gasteiger partial charge on any atom is 0.304 e. The summed E-state index contributed by atoms with van der Waals surface area (Å²) in [5.74, 6) is 0.198. The highest BCUT2D eigenvalue weighted by Crippen LogP contribution is 2.32. The number of nitrogens with one attached hydrogen (secondary N) is 3. The minimum atomic E-state index is -3.54. The van der Waals surface area contributed by atoms with Gasteiger partial charge in [-0.25, -0.2) is 13.4 Å². The van der Waals surface area contributed by atoms with Gasteiger partial charge in [0.05, 0.1) is 41.2 Å². The highest BCUT2D eigenvalue weighted by molar-refractivity contribution is 7.92. The molecule has 37 heavy (non-hydrogen) atoms. The molecule has 0 saturated carbocycles. The molecule has 0 radical (unpaired) electrons. The summed E-state index contributed by atoms with van der Waals surface area (Å²) in [7, 11) is -1.99. The number of carboxylic acids is 1. The Labute approximate surface area is 221 Å². The number of rotatable bonds is 13. The fraction of sp³-hybridized carbons (Fsp3) is 0.320. The molecule has 10 nitrogen and oxygen atoms in total. The predicted molar refractivity (Wildman–Crippen MR) is 144 cm³/mol. The molecule has 4 N–H and O–H groups in total. The first-order chi connectivity index (χ1) is 17.6. The summed E-state index contributed by atoms with van der Waals surface area (Å²) in [4.78, 5) is 19.5. The van der Waals surface area contributed by atoms with Gasteiger partial charge in [-0.3, -0.25) is 4.79 Å². The Morgan fingerprint density at radius 3 is 2.57 bits per heavy atom. The number of hydrogen-bond acceptors (Lipinski definition) is 9. The number of sulfone groups is 1. The molecule has 0 unspecified atom stereocenters. The minimum absolute atomic E-state index is 0.0631. The Hall–Kier alpha value is -3.41. The van der Waals surface area contributed by atoms with Crippen molar-refractivity contribution in [1.29, 1.82) is 0 Å². The van der Waals surface area contributed by atoms with Crippen LogP contribution in [0, 0.1) is 0 Å². The molecule has 2 aromatic carbocycles. The Kier molecular flexibility index (Phi) is 9.67. The van der Waals surface area contributed by atoms with Crippen molar-refractivity contribution in [3.63, 3.8) is 0 Å². The van der Waals surface area contributed by atoms with Crippen LogP contribution in [-0.4, -0.2) is 54.9 Å². The number of halogens is 1. The smallest absolute Gasteiger partial charge is 0.304 e. The molecule has 0 saturated heterocycles. The summed E-state index contributed by atoms with van der Waals surface area (Å²) >= 11 is 6.33. The number of para-hydroxylation sites is 1. The summed E-state index contributed by atoms with van der Waals surface area (Å²) in [6.45, 7) is 4.26. The van der Waals surface area contributed by atoms with Crippen LogP contribution in [0.2, 0.25) is 5.02 Å². The minimum Gasteiger partial charge on any atom is -0.495 e. The molecule has 3 rings (SSSR count). The summed E-state index contributed by atoms with van der Waals surface area (Å²) in [5, 5.41) is 17.6. The highest BCUT2D eigenvalue weighted by atomic mass is 35.5. The van der Waals surface area contributed by atoms with Crippen molar-refractivity contribution in [1.82, 2.24) is 15.3 Å². The molecule has 0 amide bonds. The van der Waals surface area contributed by atoms with Gasteiger partial charge in [0.1, 0.15) is 10.8 Å². The molecule has 0 aliphatic rings. The lowest BCUT2D eigenvalue weighted by atomic mass is 10.1. The van der Waals surface area contributed by atoms with Crippen molar-refractivity contribution in [2.45, 2.75) is 36.8 Å². The molecule has 0 aliphatic heterocycles. The van der Waals surface area contributed by atoms with Crippen molar-refractivity contribution in [3.8, 4) is 5.75 Å². The first-order valence-electron chi connectivity index (χ1n) is 11.6. The molecular weight excluding hydrogens is 518 g/mol. The number of benzene rings is 2. The normalized spacial score (nSPS) is 11.4. The largest absolute Gasteiger partial charge is 0.495 e. The van der Waals surface area contributed by atoms with Crippen LogP contribution in [0.25, 0.3) is 0 Å². The average Bonchev–Trinajstić information content (AvgIpc) is 2.86. The zero-order valence-electron chi connectivity index (χ0n) is 20.8. The van der Waals surface area contributed by atoms with E-state index in [1.165, 1.54) is 6.20 Å². The molecular formula is C25H30ClN5O5S. The van der Waals surface area contributed by atoms with Crippen LogP contribution in [0.3, 0.4) is 0 Å². The SMILES string of the molecule is COc1ccc(CCNCCC(=O)O)cc1Nc1ncc(Cl)c(Nc2ccccc2S(=O)(=O)C(C)C)n1. The van der Waals surface area contributed by atoms with Gasteiger partial charge in [0.25, 0.3) is 0 Å². The van der Waals surface area contributed by atoms with Crippen LogP contribution < -0.4 is 20.7 Å². The van der Waals surface area contributed by atoms with E-state index in [9.17, 15) is 13.2 Å². The molecule has 0 fully saturated rings. The first-order valence-corrected chi connectivity index (χ1v) is 13.5. The van der Waals surface area contributed by atoms with Crippen LogP contribution in [0.1, 0.15) is 25.8 Å². The van der Waals surface area contributed by atoms with Gasteiger partial charge in [-0.15, -0.1) is 0 Å². The summed E-state index contributed by atoms with van der Waals surface area (Å²) in [6, 6.07) is 12.2. The Morgan fingerprint density at radius 1 is 1.11 bits per heavy atom. The number of carbonyl (C=O) groups is 1. The van der Waals surface area contributed by atoms with Gasteiger partial charge in [0.2, 0.25) is 5.95 Å². The van der Waals surface area contributed by atoms with Crippen molar-refractivity contribution >= 4 is 50.5 Å². The maximum absolute atomic E-state index is 12.8. The molecule has 198 valence electrons. The topological polar surface area (TPSA) is 143 Å². The van der Waals surface area contributed by atoms with Gasteiger partial charge in [-0.2, -0.15) is 4.98 Å².